The molecule has 1 amide bonds. The van der Waals surface area contributed by atoms with E-state index >= 15 is 0 Å². The molecule has 0 bridgehead atoms. The van der Waals surface area contributed by atoms with Gasteiger partial charge in [-0.25, -0.2) is 0 Å². The molecule has 0 heterocycles. The standard InChI is InChI=1S/C28H25NO3/c1-21-15-17-24(18-16-21)32-27-14-8-6-12-25(27)29-28(30)20-31-26-13-7-5-11-23(26)19-22-9-3-2-4-10-22/h2-18H,19-20H2,1H3,(H,29,30). The van der Waals surface area contributed by atoms with Crippen molar-refractivity contribution in [3.63, 3.8) is 0 Å². The van der Waals surface area contributed by atoms with Gasteiger partial charge < -0.3 is 14.8 Å². The molecule has 0 aliphatic rings. The Kier molecular flexibility index (Phi) is 6.83. The lowest BCUT2D eigenvalue weighted by molar-refractivity contribution is -0.118. The molecule has 0 aliphatic heterocycles. The minimum absolute atomic E-state index is 0.0926. The van der Waals surface area contributed by atoms with Crippen LogP contribution < -0.4 is 14.8 Å². The Morgan fingerprint density at radius 1 is 0.750 bits per heavy atom. The van der Waals surface area contributed by atoms with Crippen molar-refractivity contribution in [1.82, 2.24) is 0 Å². The average Bonchev–Trinajstić information content (AvgIpc) is 2.82. The predicted molar refractivity (Wildman–Crippen MR) is 128 cm³/mol. The van der Waals surface area contributed by atoms with Crippen LogP contribution in [0.2, 0.25) is 0 Å². The van der Waals surface area contributed by atoms with Gasteiger partial charge in [0.05, 0.1) is 5.69 Å². The monoisotopic (exact) mass is 423 g/mol. The number of carbonyl (C=O) groups excluding carboxylic acids is 1. The Morgan fingerprint density at radius 2 is 1.41 bits per heavy atom. The van der Waals surface area contributed by atoms with Crippen LogP contribution >= 0.6 is 0 Å². The number of rotatable bonds is 8. The van der Waals surface area contributed by atoms with Crippen molar-refractivity contribution in [3.8, 4) is 17.2 Å². The second-order valence-corrected chi connectivity index (χ2v) is 7.52. The average molecular weight is 424 g/mol. The number of aryl methyl sites for hydroxylation is 1. The number of anilines is 1. The Morgan fingerprint density at radius 3 is 2.19 bits per heavy atom. The van der Waals surface area contributed by atoms with E-state index in [0.29, 0.717) is 22.9 Å². The Labute approximate surface area is 188 Å². The quantitative estimate of drug-likeness (QED) is 0.357. The van der Waals surface area contributed by atoms with Gasteiger partial charge in [-0.15, -0.1) is 0 Å². The second kappa shape index (κ2) is 10.3. The van der Waals surface area contributed by atoms with Crippen LogP contribution in [0.3, 0.4) is 0 Å². The lowest BCUT2D eigenvalue weighted by Crippen LogP contribution is -2.20. The zero-order valence-corrected chi connectivity index (χ0v) is 18.0. The van der Waals surface area contributed by atoms with Gasteiger partial charge in [-0.1, -0.05) is 78.4 Å². The van der Waals surface area contributed by atoms with Gasteiger partial charge >= 0.3 is 0 Å². The number of para-hydroxylation sites is 3. The van der Waals surface area contributed by atoms with Crippen LogP contribution in [0.5, 0.6) is 17.2 Å². The highest BCUT2D eigenvalue weighted by molar-refractivity contribution is 5.93. The molecule has 4 heteroatoms. The van der Waals surface area contributed by atoms with E-state index in [1.165, 1.54) is 5.56 Å². The van der Waals surface area contributed by atoms with Crippen LogP contribution in [0.1, 0.15) is 16.7 Å². The second-order valence-electron chi connectivity index (χ2n) is 7.52. The van der Waals surface area contributed by atoms with Crippen molar-refractivity contribution in [1.29, 1.82) is 0 Å². The summed E-state index contributed by atoms with van der Waals surface area (Å²) < 4.78 is 11.8. The zero-order valence-electron chi connectivity index (χ0n) is 18.0. The first kappa shape index (κ1) is 21.2. The minimum Gasteiger partial charge on any atom is -0.483 e. The van der Waals surface area contributed by atoms with Crippen LogP contribution in [-0.2, 0) is 11.2 Å². The Bertz CT molecular complexity index is 1170. The summed E-state index contributed by atoms with van der Waals surface area (Å²) in [5.41, 5.74) is 3.98. The van der Waals surface area contributed by atoms with Gasteiger partial charge in [0.15, 0.2) is 12.4 Å². The molecule has 4 nitrogen and oxygen atoms in total. The van der Waals surface area contributed by atoms with Crippen molar-refractivity contribution < 1.29 is 14.3 Å². The van der Waals surface area contributed by atoms with E-state index in [1.54, 1.807) is 0 Å². The van der Waals surface area contributed by atoms with Gasteiger partial charge in [0.1, 0.15) is 11.5 Å². The van der Waals surface area contributed by atoms with Crippen molar-refractivity contribution in [2.24, 2.45) is 0 Å². The first-order chi connectivity index (χ1) is 15.7. The smallest absolute Gasteiger partial charge is 0.262 e. The summed E-state index contributed by atoms with van der Waals surface area (Å²) in [5.74, 6) is 1.74. The topological polar surface area (TPSA) is 47.6 Å². The molecule has 0 radical (unpaired) electrons. The molecule has 32 heavy (non-hydrogen) atoms. The van der Waals surface area contributed by atoms with E-state index in [0.717, 1.165) is 17.5 Å². The normalized spacial score (nSPS) is 10.4. The van der Waals surface area contributed by atoms with Gasteiger partial charge in [-0.05, 0) is 48.4 Å². The summed E-state index contributed by atoms with van der Waals surface area (Å²) in [7, 11) is 0. The number of hydrogen-bond acceptors (Lipinski definition) is 3. The van der Waals surface area contributed by atoms with E-state index in [1.807, 2.05) is 97.9 Å². The van der Waals surface area contributed by atoms with Gasteiger partial charge in [0.2, 0.25) is 0 Å². The molecule has 4 aromatic carbocycles. The maximum Gasteiger partial charge on any atom is 0.262 e. The molecule has 0 unspecified atom stereocenters. The van der Waals surface area contributed by atoms with Crippen molar-refractivity contribution in [3.05, 3.63) is 120 Å². The molecule has 0 saturated carbocycles. The molecule has 4 rings (SSSR count). The van der Waals surface area contributed by atoms with E-state index in [2.05, 4.69) is 17.4 Å². The van der Waals surface area contributed by atoms with Crippen LogP contribution in [0.4, 0.5) is 5.69 Å². The maximum atomic E-state index is 12.6. The number of ether oxygens (including phenoxy) is 2. The van der Waals surface area contributed by atoms with Crippen LogP contribution in [0, 0.1) is 6.92 Å². The molecule has 0 aromatic heterocycles. The van der Waals surface area contributed by atoms with Crippen LogP contribution in [0.15, 0.2) is 103 Å². The molecule has 1 N–H and O–H groups in total. The predicted octanol–water partition coefficient (Wildman–Crippen LogP) is 6.40. The highest BCUT2D eigenvalue weighted by atomic mass is 16.5. The molecule has 0 atom stereocenters. The van der Waals surface area contributed by atoms with Gasteiger partial charge in [0, 0.05) is 6.42 Å². The molecular formula is C28H25NO3. The fourth-order valence-electron chi connectivity index (χ4n) is 3.33. The molecular weight excluding hydrogens is 398 g/mol. The van der Waals surface area contributed by atoms with Crippen LogP contribution in [0.25, 0.3) is 0 Å². The minimum atomic E-state index is -0.250. The summed E-state index contributed by atoms with van der Waals surface area (Å²) >= 11 is 0. The zero-order chi connectivity index (χ0) is 22.2. The summed E-state index contributed by atoms with van der Waals surface area (Å²) in [6, 6.07) is 33.1. The van der Waals surface area contributed by atoms with E-state index in [-0.39, 0.29) is 12.5 Å². The highest BCUT2D eigenvalue weighted by Gasteiger charge is 2.11. The van der Waals surface area contributed by atoms with E-state index in [4.69, 9.17) is 9.47 Å². The number of nitrogens with one attached hydrogen (secondary N) is 1. The lowest BCUT2D eigenvalue weighted by atomic mass is 10.0. The Balaban J connectivity index is 1.40. The molecule has 0 spiro atoms. The first-order valence-electron chi connectivity index (χ1n) is 10.6. The number of hydrogen-bond donors (Lipinski definition) is 1. The van der Waals surface area contributed by atoms with Gasteiger partial charge in [0.25, 0.3) is 5.91 Å². The SMILES string of the molecule is Cc1ccc(Oc2ccccc2NC(=O)COc2ccccc2Cc2ccccc2)cc1. The maximum absolute atomic E-state index is 12.6. The number of benzene rings is 4. The summed E-state index contributed by atoms with van der Waals surface area (Å²) in [6.07, 6.45) is 0.742. The Hall–Kier alpha value is -4.05. The molecule has 160 valence electrons. The molecule has 4 aromatic rings. The van der Waals surface area contributed by atoms with E-state index in [9.17, 15) is 4.79 Å². The lowest BCUT2D eigenvalue weighted by Gasteiger charge is -2.14. The van der Waals surface area contributed by atoms with Crippen LogP contribution in [-0.4, -0.2) is 12.5 Å². The third kappa shape index (κ3) is 5.76. The fraction of sp³-hybridized carbons (Fsp3) is 0.107. The highest BCUT2D eigenvalue weighted by Crippen LogP contribution is 2.29. The summed E-state index contributed by atoms with van der Waals surface area (Å²) in [4.78, 5) is 12.6. The third-order valence-electron chi connectivity index (χ3n) is 4.98. The number of amides is 1. The number of carbonyl (C=O) groups is 1. The van der Waals surface area contributed by atoms with Crippen molar-refractivity contribution in [2.45, 2.75) is 13.3 Å². The fourth-order valence-corrected chi connectivity index (χ4v) is 3.33. The largest absolute Gasteiger partial charge is 0.483 e. The van der Waals surface area contributed by atoms with Crippen molar-refractivity contribution in [2.75, 3.05) is 11.9 Å². The van der Waals surface area contributed by atoms with Crippen molar-refractivity contribution >= 4 is 11.6 Å². The van der Waals surface area contributed by atoms with E-state index < -0.39 is 0 Å². The summed E-state index contributed by atoms with van der Waals surface area (Å²) in [5, 5.41) is 2.89. The van der Waals surface area contributed by atoms with Gasteiger partial charge in [-0.3, -0.25) is 4.79 Å². The third-order valence-corrected chi connectivity index (χ3v) is 4.98. The summed E-state index contributed by atoms with van der Waals surface area (Å²) in [6.45, 7) is 1.93. The molecule has 0 saturated heterocycles. The first-order valence-corrected chi connectivity index (χ1v) is 10.6. The van der Waals surface area contributed by atoms with Gasteiger partial charge in [-0.2, -0.15) is 0 Å². The molecule has 0 aliphatic carbocycles. The molecule has 0 fully saturated rings.